The monoisotopic (exact) mass is 812 g/mol. The van der Waals surface area contributed by atoms with Gasteiger partial charge in [-0.1, -0.05) is 146 Å². The minimum absolute atomic E-state index is 0.749. The highest BCUT2D eigenvalue weighted by Gasteiger charge is 2.24. The van der Waals surface area contributed by atoms with Crippen molar-refractivity contribution >= 4 is 65.3 Å². The Morgan fingerprint density at radius 2 is 0.828 bits per heavy atom. The second-order valence-corrected chi connectivity index (χ2v) is 17.0. The first-order valence-electron chi connectivity index (χ1n) is 21.9. The van der Waals surface area contributed by atoms with Crippen molar-refractivity contribution in [2.75, 3.05) is 0 Å². The molecule has 0 saturated carbocycles. The van der Waals surface area contributed by atoms with Crippen LogP contribution in [0.1, 0.15) is 0 Å². The van der Waals surface area contributed by atoms with Crippen LogP contribution in [0.15, 0.2) is 218 Å². The van der Waals surface area contributed by atoms with Crippen molar-refractivity contribution in [3.63, 3.8) is 0 Å². The minimum atomic E-state index is 0.749. The van der Waals surface area contributed by atoms with Crippen molar-refractivity contribution in [3.8, 4) is 67.4 Å². The predicted molar refractivity (Wildman–Crippen MR) is 266 cm³/mol. The van der Waals surface area contributed by atoms with Gasteiger partial charge in [-0.15, -0.1) is 0 Å². The fourth-order valence-corrected chi connectivity index (χ4v) is 10.5. The van der Waals surface area contributed by atoms with E-state index in [1.165, 1.54) is 87.9 Å². The van der Waals surface area contributed by atoms with Crippen LogP contribution in [0.3, 0.4) is 0 Å². The summed E-state index contributed by atoms with van der Waals surface area (Å²) in [4.78, 5) is 10.3. The number of nitrogens with zero attached hydrogens (tertiary/aromatic N) is 4. The molecule has 3 heterocycles. The van der Waals surface area contributed by atoms with E-state index < -0.39 is 0 Å². The molecule has 0 bridgehead atoms. The van der Waals surface area contributed by atoms with Gasteiger partial charge in [-0.25, -0.2) is 9.97 Å². The smallest absolute Gasteiger partial charge is 0.160 e. The van der Waals surface area contributed by atoms with Crippen LogP contribution in [0.25, 0.3) is 133 Å². The van der Waals surface area contributed by atoms with E-state index in [0.29, 0.717) is 0 Å². The molecular formula is C60H36N4. The first kappa shape index (κ1) is 35.0. The molecule has 0 unspecified atom stereocenters. The maximum atomic E-state index is 5.18. The van der Waals surface area contributed by atoms with Gasteiger partial charge in [0.1, 0.15) is 0 Å². The lowest BCUT2D eigenvalue weighted by Crippen LogP contribution is -1.95. The van der Waals surface area contributed by atoms with Crippen molar-refractivity contribution < 1.29 is 0 Å². The Labute approximate surface area is 368 Å². The first-order chi connectivity index (χ1) is 31.7. The molecule has 10 aromatic carbocycles. The zero-order valence-electron chi connectivity index (χ0n) is 34.6. The predicted octanol–water partition coefficient (Wildman–Crippen LogP) is 15.6. The summed E-state index contributed by atoms with van der Waals surface area (Å²) in [6, 6.07) is 79.3. The molecule has 13 aromatic rings. The standard InChI is InChI=1S/C60H36N4/c1-2-11-37(12-3-1)38-23-28-44(29-24-38)63-54-19-8-6-14-47(54)51-35-41(26-31-56(51)63)42-27-32-57-52(36-42)48-15-7-9-20-55(48)64(57)45-30-25-39-33-43(22-21-40(39)34-45)60-61-53-18-10-17-49-46-13-4-5-16-50(46)59(62-60)58(49)53/h1-36H. The Hall–Kier alpha value is -8.60. The third-order valence-corrected chi connectivity index (χ3v) is 13.4. The molecule has 3 aromatic heterocycles. The van der Waals surface area contributed by atoms with E-state index in [-0.39, 0.29) is 0 Å². The fraction of sp³-hybridized carbons (Fsp3) is 0. The molecule has 0 N–H and O–H groups in total. The Balaban J connectivity index is 0.844. The summed E-state index contributed by atoms with van der Waals surface area (Å²) >= 11 is 0. The number of hydrogen-bond acceptors (Lipinski definition) is 2. The zero-order valence-corrected chi connectivity index (χ0v) is 34.6. The summed E-state index contributed by atoms with van der Waals surface area (Å²) in [5.74, 6) is 0.749. The van der Waals surface area contributed by atoms with Crippen molar-refractivity contribution in [2.24, 2.45) is 0 Å². The van der Waals surface area contributed by atoms with Crippen LogP contribution in [0.2, 0.25) is 0 Å². The van der Waals surface area contributed by atoms with Crippen LogP contribution in [0.4, 0.5) is 0 Å². The number of hydrogen-bond donors (Lipinski definition) is 0. The third-order valence-electron chi connectivity index (χ3n) is 13.4. The van der Waals surface area contributed by atoms with E-state index in [4.69, 9.17) is 9.97 Å². The first-order valence-corrected chi connectivity index (χ1v) is 21.9. The summed E-state index contributed by atoms with van der Waals surface area (Å²) in [5, 5.41) is 8.42. The van der Waals surface area contributed by atoms with Crippen LogP contribution < -0.4 is 0 Å². The molecule has 14 rings (SSSR count). The topological polar surface area (TPSA) is 35.6 Å². The summed E-state index contributed by atoms with van der Waals surface area (Å²) in [5.41, 5.74) is 18.5. The summed E-state index contributed by atoms with van der Waals surface area (Å²) < 4.78 is 4.80. The van der Waals surface area contributed by atoms with Gasteiger partial charge in [0.15, 0.2) is 5.82 Å². The Morgan fingerprint density at radius 1 is 0.297 bits per heavy atom. The van der Waals surface area contributed by atoms with E-state index >= 15 is 0 Å². The molecule has 0 aliphatic heterocycles. The lowest BCUT2D eigenvalue weighted by Gasteiger charge is -2.11. The molecule has 0 radical (unpaired) electrons. The van der Waals surface area contributed by atoms with Gasteiger partial charge >= 0.3 is 0 Å². The Morgan fingerprint density at radius 3 is 1.56 bits per heavy atom. The van der Waals surface area contributed by atoms with E-state index in [1.54, 1.807) is 0 Å². The van der Waals surface area contributed by atoms with E-state index in [9.17, 15) is 0 Å². The SMILES string of the molecule is c1ccc(-c2ccc(-n3c4ccccc4c4cc(-c5ccc6c(c5)c5ccccc5n6-c5ccc6cc(-c7nc8c9c(cccc9n7)-c7ccccc7-8)ccc6c5)ccc43)cc2)cc1. The van der Waals surface area contributed by atoms with Gasteiger partial charge < -0.3 is 9.13 Å². The average molecular weight is 813 g/mol. The quantitative estimate of drug-likeness (QED) is 0.174. The molecule has 4 heteroatoms. The minimum Gasteiger partial charge on any atom is -0.309 e. The Bertz CT molecular complexity index is 4060. The van der Waals surface area contributed by atoms with E-state index in [0.717, 1.165) is 44.7 Å². The molecule has 4 nitrogen and oxygen atoms in total. The molecule has 0 amide bonds. The van der Waals surface area contributed by atoms with Crippen LogP contribution in [0.5, 0.6) is 0 Å². The van der Waals surface area contributed by atoms with Crippen LogP contribution in [-0.4, -0.2) is 19.1 Å². The lowest BCUT2D eigenvalue weighted by molar-refractivity contribution is 1.18. The lowest BCUT2D eigenvalue weighted by atomic mass is 10.0. The number of aromatic nitrogens is 4. The van der Waals surface area contributed by atoms with Gasteiger partial charge in [0.25, 0.3) is 0 Å². The van der Waals surface area contributed by atoms with Gasteiger partial charge in [0, 0.05) is 49.4 Å². The fourth-order valence-electron chi connectivity index (χ4n) is 10.5. The maximum Gasteiger partial charge on any atom is 0.160 e. The zero-order chi connectivity index (χ0) is 41.9. The number of para-hydroxylation sites is 2. The molecule has 0 spiro atoms. The van der Waals surface area contributed by atoms with Gasteiger partial charge in [-0.2, -0.15) is 0 Å². The molecule has 0 fully saturated rings. The maximum absolute atomic E-state index is 5.18. The van der Waals surface area contributed by atoms with Crippen molar-refractivity contribution in [2.45, 2.75) is 0 Å². The highest BCUT2D eigenvalue weighted by atomic mass is 15.0. The normalized spacial score (nSPS) is 12.1. The van der Waals surface area contributed by atoms with Crippen molar-refractivity contribution in [3.05, 3.63) is 218 Å². The highest BCUT2D eigenvalue weighted by Crippen LogP contribution is 2.46. The number of rotatable bonds is 5. The molecule has 296 valence electrons. The number of benzene rings is 10. The molecule has 0 saturated heterocycles. The van der Waals surface area contributed by atoms with Gasteiger partial charge in [-0.05, 0) is 117 Å². The molecular weight excluding hydrogens is 777 g/mol. The van der Waals surface area contributed by atoms with E-state index in [1.807, 2.05) is 0 Å². The second-order valence-electron chi connectivity index (χ2n) is 17.0. The van der Waals surface area contributed by atoms with Crippen molar-refractivity contribution in [1.82, 2.24) is 19.1 Å². The van der Waals surface area contributed by atoms with Crippen LogP contribution in [0, 0.1) is 0 Å². The molecule has 1 aliphatic carbocycles. The van der Waals surface area contributed by atoms with Gasteiger partial charge in [0.2, 0.25) is 0 Å². The summed E-state index contributed by atoms with van der Waals surface area (Å²) in [7, 11) is 0. The van der Waals surface area contributed by atoms with Crippen LogP contribution >= 0.6 is 0 Å². The summed E-state index contributed by atoms with van der Waals surface area (Å²) in [6.45, 7) is 0. The van der Waals surface area contributed by atoms with Crippen LogP contribution in [-0.2, 0) is 0 Å². The van der Waals surface area contributed by atoms with Gasteiger partial charge in [0.05, 0.1) is 33.3 Å². The largest absolute Gasteiger partial charge is 0.309 e. The van der Waals surface area contributed by atoms with Gasteiger partial charge in [-0.3, -0.25) is 0 Å². The second kappa shape index (κ2) is 13.4. The summed E-state index contributed by atoms with van der Waals surface area (Å²) in [6.07, 6.45) is 0. The molecule has 1 aliphatic rings. The Kier molecular flexibility index (Phi) is 7.36. The molecule has 64 heavy (non-hydrogen) atoms. The number of fused-ring (bicyclic) bond motifs is 10. The highest BCUT2D eigenvalue weighted by molar-refractivity contribution is 6.14. The molecule has 0 atom stereocenters. The van der Waals surface area contributed by atoms with E-state index in [2.05, 4.69) is 228 Å². The third kappa shape index (κ3) is 5.17. The average Bonchev–Trinajstić information content (AvgIpc) is 4.00. The van der Waals surface area contributed by atoms with Crippen molar-refractivity contribution in [1.29, 1.82) is 0 Å².